The molecule has 17 heteroatoms. The molecule has 0 unspecified atom stereocenters. The topological polar surface area (TPSA) is 231 Å². The molecule has 0 atom stereocenters. The molecule has 0 bridgehead atoms. The van der Waals surface area contributed by atoms with E-state index in [1.165, 1.54) is 0 Å². The van der Waals surface area contributed by atoms with Crippen LogP contribution in [-0.2, 0) is 10.4 Å². The summed E-state index contributed by atoms with van der Waals surface area (Å²) in [6, 6.07) is 13.8. The number of carbonyl (C=O) groups excluding carboxylic acids is 2. The van der Waals surface area contributed by atoms with Gasteiger partial charge in [-0.15, -0.1) is 0 Å². The lowest BCUT2D eigenvalue weighted by Crippen LogP contribution is -2.49. The Labute approximate surface area is 248 Å². The molecule has 0 radical (unpaired) electrons. The molecule has 2 aromatic rings. The van der Waals surface area contributed by atoms with E-state index in [9.17, 15) is 9.59 Å². The molecule has 2 aliphatic heterocycles. The van der Waals surface area contributed by atoms with Crippen molar-refractivity contribution in [3.8, 4) is 0 Å². The van der Waals surface area contributed by atoms with Crippen LogP contribution in [0.3, 0.4) is 0 Å². The van der Waals surface area contributed by atoms with Gasteiger partial charge in [0.05, 0.1) is 52.4 Å². The maximum atomic E-state index is 12.2. The molecule has 0 spiro atoms. The number of nitrogens with two attached hydrogens (primary N) is 4. The van der Waals surface area contributed by atoms with E-state index in [1.807, 2.05) is 9.15 Å². The molecule has 0 saturated carbocycles. The van der Waals surface area contributed by atoms with Gasteiger partial charge in [-0.25, -0.2) is 0 Å². The van der Waals surface area contributed by atoms with Crippen molar-refractivity contribution in [1.82, 2.24) is 9.80 Å². The summed E-state index contributed by atoms with van der Waals surface area (Å²) in [5.74, 6) is 0.658. The number of hydrogen-bond acceptors (Lipinski definition) is 6. The Morgan fingerprint density at radius 1 is 0.634 bits per heavy atom. The predicted molar refractivity (Wildman–Crippen MR) is 152 cm³/mol. The van der Waals surface area contributed by atoms with Crippen molar-refractivity contribution in [3.63, 3.8) is 0 Å². The first-order valence-electron chi connectivity index (χ1n) is 12.2. The minimum absolute atomic E-state index is 0.0157. The number of piperazine rings is 2. The molecule has 2 amide bonds. The van der Waals surface area contributed by atoms with Crippen LogP contribution in [0, 0.1) is 0 Å². The molecular formula is C24H32Cl2N8O6S. The van der Waals surface area contributed by atoms with Crippen LogP contribution in [0.1, 0.15) is 20.7 Å². The third-order valence-electron chi connectivity index (χ3n) is 6.05. The Hall–Kier alpha value is -3.63. The molecular weight excluding hydrogens is 599 g/mol. The van der Waals surface area contributed by atoms with Crippen molar-refractivity contribution in [2.24, 2.45) is 22.9 Å². The summed E-state index contributed by atoms with van der Waals surface area (Å²) < 4.78 is 37.8. The highest BCUT2D eigenvalue weighted by atomic mass is 35.5. The van der Waals surface area contributed by atoms with Crippen LogP contribution >= 0.6 is 23.2 Å². The highest BCUT2D eigenvalue weighted by Crippen LogP contribution is 2.13. The van der Waals surface area contributed by atoms with Gasteiger partial charge in [0.2, 0.25) is 0 Å². The molecule has 0 aromatic heterocycles. The van der Waals surface area contributed by atoms with E-state index < -0.39 is 10.4 Å². The van der Waals surface area contributed by atoms with Crippen LogP contribution < -0.4 is 22.9 Å². The van der Waals surface area contributed by atoms with Crippen molar-refractivity contribution >= 4 is 57.3 Å². The van der Waals surface area contributed by atoms with E-state index in [2.05, 4.69) is 0 Å². The highest BCUT2D eigenvalue weighted by Gasteiger charge is 2.23. The van der Waals surface area contributed by atoms with Crippen molar-refractivity contribution in [3.05, 3.63) is 69.7 Å². The zero-order chi connectivity index (χ0) is 30.7. The van der Waals surface area contributed by atoms with Gasteiger partial charge in [-0.3, -0.25) is 50.1 Å². The van der Waals surface area contributed by atoms with E-state index in [1.54, 1.807) is 58.3 Å². The summed E-state index contributed by atoms with van der Waals surface area (Å²) in [5.41, 5.74) is 23.4. The zero-order valence-corrected chi connectivity index (χ0v) is 24.3. The first-order chi connectivity index (χ1) is 19.2. The number of benzene rings is 2. The van der Waals surface area contributed by atoms with E-state index in [-0.39, 0.29) is 11.8 Å². The summed E-state index contributed by atoms with van der Waals surface area (Å²) in [7, 11) is -5.17. The number of hydrogen-bond donors (Lipinski definition) is 4. The highest BCUT2D eigenvalue weighted by molar-refractivity contribution is 7.79. The van der Waals surface area contributed by atoms with Gasteiger partial charge < -0.3 is 18.9 Å². The van der Waals surface area contributed by atoms with Crippen LogP contribution in [0.15, 0.2) is 48.5 Å². The SMILES string of the molecule is NC(N)=[N+]1CCN(C(=O)c2ccc(Cl)cc2)CC1.NC(N)=[N+]1CCN(C(=O)c2ccc(Cl)cc2)CC1.O=S(=O)([O-])[O-]. The minimum Gasteiger partial charge on any atom is -0.759 e. The zero-order valence-electron chi connectivity index (χ0n) is 22.0. The van der Waals surface area contributed by atoms with E-state index in [4.69, 9.17) is 63.7 Å². The van der Waals surface area contributed by atoms with E-state index in [0.29, 0.717) is 85.4 Å². The third kappa shape index (κ3) is 11.8. The number of carbonyl (C=O) groups is 2. The normalized spacial score (nSPS) is 15.1. The second kappa shape index (κ2) is 15.4. The minimum atomic E-state index is -5.17. The maximum absolute atomic E-state index is 12.2. The maximum Gasteiger partial charge on any atom is 0.341 e. The molecule has 2 aromatic carbocycles. The van der Waals surface area contributed by atoms with Crippen LogP contribution in [0.4, 0.5) is 0 Å². The second-order valence-electron chi connectivity index (χ2n) is 8.83. The molecule has 0 aliphatic carbocycles. The lowest BCUT2D eigenvalue weighted by molar-refractivity contribution is -0.539. The molecule has 8 N–H and O–H groups in total. The molecule has 2 heterocycles. The number of rotatable bonds is 2. The number of guanidine groups is 2. The Balaban J connectivity index is 0.000000247. The number of amides is 2. The van der Waals surface area contributed by atoms with Crippen LogP contribution in [0.2, 0.25) is 10.0 Å². The Morgan fingerprint density at radius 3 is 1.10 bits per heavy atom. The van der Waals surface area contributed by atoms with Crippen molar-refractivity contribution in [2.75, 3.05) is 52.4 Å². The third-order valence-corrected chi connectivity index (χ3v) is 6.55. The van der Waals surface area contributed by atoms with Gasteiger partial charge in [0.1, 0.15) is 0 Å². The fourth-order valence-electron chi connectivity index (χ4n) is 3.89. The summed E-state index contributed by atoms with van der Waals surface area (Å²) in [5, 5.41) is 1.25. The smallest absolute Gasteiger partial charge is 0.341 e. The van der Waals surface area contributed by atoms with Crippen molar-refractivity contribution < 1.29 is 36.3 Å². The Morgan fingerprint density at radius 2 is 0.878 bits per heavy atom. The molecule has 2 saturated heterocycles. The quantitative estimate of drug-likeness (QED) is 0.134. The van der Waals surface area contributed by atoms with Gasteiger partial charge in [-0.2, -0.15) is 0 Å². The van der Waals surface area contributed by atoms with E-state index >= 15 is 0 Å². The van der Waals surface area contributed by atoms with Crippen LogP contribution in [-0.4, -0.2) is 113 Å². The average Bonchev–Trinajstić information content (AvgIpc) is 2.93. The first kappa shape index (κ1) is 33.6. The predicted octanol–water partition coefficient (Wildman–Crippen LogP) is -1.17. The Bertz CT molecular complexity index is 1260. The largest absolute Gasteiger partial charge is 0.759 e. The van der Waals surface area contributed by atoms with Crippen LogP contribution in [0.25, 0.3) is 0 Å². The average molecular weight is 632 g/mol. The lowest BCUT2D eigenvalue weighted by atomic mass is 10.2. The van der Waals surface area contributed by atoms with Gasteiger partial charge in [0, 0.05) is 31.6 Å². The van der Waals surface area contributed by atoms with Gasteiger partial charge in [0.25, 0.3) is 11.8 Å². The van der Waals surface area contributed by atoms with Gasteiger partial charge in [-0.05, 0) is 48.5 Å². The first-order valence-corrected chi connectivity index (χ1v) is 14.3. The molecule has 14 nitrogen and oxygen atoms in total. The molecule has 2 fully saturated rings. The summed E-state index contributed by atoms with van der Waals surface area (Å²) >= 11 is 11.6. The molecule has 41 heavy (non-hydrogen) atoms. The summed E-state index contributed by atoms with van der Waals surface area (Å²) in [6.45, 7) is 5.17. The monoisotopic (exact) mass is 630 g/mol. The van der Waals surface area contributed by atoms with Crippen molar-refractivity contribution in [1.29, 1.82) is 0 Å². The number of nitrogens with zero attached hydrogens (tertiary/aromatic N) is 4. The second-order valence-corrected chi connectivity index (χ2v) is 10.5. The molecule has 2 aliphatic rings. The number of halogens is 2. The van der Waals surface area contributed by atoms with Gasteiger partial charge in [-0.1, -0.05) is 23.2 Å². The molecule has 224 valence electrons. The fourth-order valence-corrected chi connectivity index (χ4v) is 4.14. The lowest BCUT2D eigenvalue weighted by Gasteiger charge is -2.28. The van der Waals surface area contributed by atoms with Crippen molar-refractivity contribution in [2.45, 2.75) is 0 Å². The standard InChI is InChI=1S/2C12H15ClN4O.H2O4S/c2*13-10-3-1-9(2-4-10)11(18)16-5-7-17(8-6-16)12(14)15;1-5(2,3)4/h2*1-4H,5-8H2,(H3,14,15);(H2,1,2,3,4). The van der Waals surface area contributed by atoms with Crippen LogP contribution in [0.5, 0.6) is 0 Å². The van der Waals surface area contributed by atoms with Gasteiger partial charge >= 0.3 is 11.9 Å². The van der Waals surface area contributed by atoms with E-state index in [0.717, 1.165) is 0 Å². The molecule has 4 rings (SSSR count). The Kier molecular flexibility index (Phi) is 12.6. The van der Waals surface area contributed by atoms with Gasteiger partial charge in [0.15, 0.2) is 0 Å². The summed E-state index contributed by atoms with van der Waals surface area (Å²) in [6.07, 6.45) is 0. The fraction of sp³-hybridized carbons (Fsp3) is 0.333. The summed E-state index contributed by atoms with van der Waals surface area (Å²) in [4.78, 5) is 28.0.